The number of allylic oxidation sites excluding steroid dienone is 4. The van der Waals surface area contributed by atoms with E-state index < -0.39 is 0 Å². The molecule has 0 aromatic heterocycles. The Morgan fingerprint density at radius 1 is 1.10 bits per heavy atom. The summed E-state index contributed by atoms with van der Waals surface area (Å²) in [6.07, 6.45) is 11.3. The number of halogens is 3. The monoisotopic (exact) mass is 397 g/mol. The molecule has 0 saturated heterocycles. The van der Waals surface area contributed by atoms with E-state index in [1.807, 2.05) is 12.2 Å². The molecule has 5 heteroatoms. The molecule has 0 atom stereocenters. The van der Waals surface area contributed by atoms with Crippen LogP contribution in [0, 0.1) is 12.0 Å². The van der Waals surface area contributed by atoms with E-state index >= 15 is 0 Å². The minimum absolute atomic E-state index is 0. The first-order valence-electron chi connectivity index (χ1n) is 5.94. The molecule has 0 saturated carbocycles. The maximum absolute atomic E-state index is 2.99. The molecule has 1 aromatic carbocycles. The van der Waals surface area contributed by atoms with Crippen molar-refractivity contribution in [2.24, 2.45) is 0 Å². The molecule has 1 aliphatic rings. The summed E-state index contributed by atoms with van der Waals surface area (Å²) < 4.78 is 0. The Kier molecular flexibility index (Phi) is 26.2. The van der Waals surface area contributed by atoms with Crippen LogP contribution in [0.4, 0.5) is 0 Å². The standard InChI is InChI=1S/C11H16P.C5H5.3ClH.Ti/c1-10(9-12(2)3)11-7-5-4-6-8-11;1-2-4-5-3-1;;;;/h4-8H,9H2,1-3H3;1-3H,4H2;3*1H;/q2*-1;;;;+3/p-3. The van der Waals surface area contributed by atoms with Gasteiger partial charge in [0.25, 0.3) is 0 Å². The summed E-state index contributed by atoms with van der Waals surface area (Å²) in [5.41, 5.74) is 1.40. The molecule has 0 N–H and O–H groups in total. The van der Waals surface area contributed by atoms with Gasteiger partial charge in [-0.05, 0) is 13.3 Å². The molecule has 21 heavy (non-hydrogen) atoms. The Bertz CT molecular complexity index is 357. The van der Waals surface area contributed by atoms with Crippen molar-refractivity contribution < 1.29 is 58.9 Å². The van der Waals surface area contributed by atoms with Crippen molar-refractivity contribution in [2.45, 2.75) is 13.3 Å². The van der Waals surface area contributed by atoms with Gasteiger partial charge >= 0.3 is 21.7 Å². The Labute approximate surface area is 165 Å². The molecule has 0 nitrogen and oxygen atoms in total. The van der Waals surface area contributed by atoms with Gasteiger partial charge in [-0.2, -0.15) is 29.7 Å². The van der Waals surface area contributed by atoms with Crippen LogP contribution in [0.25, 0.3) is 0 Å². The van der Waals surface area contributed by atoms with Crippen LogP contribution in [0.3, 0.4) is 0 Å². The third-order valence-corrected chi connectivity index (χ3v) is 3.51. The summed E-state index contributed by atoms with van der Waals surface area (Å²) in [7, 11) is 0.199. The van der Waals surface area contributed by atoms with E-state index in [4.69, 9.17) is 0 Å². The minimum Gasteiger partial charge on any atom is -1.00 e. The number of rotatable bonds is 3. The number of benzene rings is 1. The summed E-state index contributed by atoms with van der Waals surface area (Å²) in [6.45, 7) is 6.88. The zero-order valence-electron chi connectivity index (χ0n) is 12.6. The van der Waals surface area contributed by atoms with Gasteiger partial charge < -0.3 is 37.2 Å². The fraction of sp³-hybridized carbons (Fsp3) is 0.312. The van der Waals surface area contributed by atoms with E-state index in [0.29, 0.717) is 0 Å². The molecule has 2 rings (SSSR count). The normalized spacial score (nSPS) is 10.1. The first kappa shape index (κ1) is 29.6. The van der Waals surface area contributed by atoms with Crippen molar-refractivity contribution in [1.29, 1.82) is 0 Å². The zero-order chi connectivity index (χ0) is 12.5. The molecule has 117 valence electrons. The number of hydrogen-bond donors (Lipinski definition) is 0. The average molecular weight is 399 g/mol. The minimum atomic E-state index is 0. The van der Waals surface area contributed by atoms with E-state index in [-0.39, 0.29) is 66.9 Å². The third-order valence-electron chi connectivity index (χ3n) is 2.41. The SMILES string of the molecule is C[C-](CP(C)C)c1ccccc1.[C-]1=CC=CC1.[Cl-].[Cl-].[Cl-].[Ti+3]. The smallest absolute Gasteiger partial charge is 1.00 e. The summed E-state index contributed by atoms with van der Waals surface area (Å²) in [5, 5.41) is 0. The summed E-state index contributed by atoms with van der Waals surface area (Å²) in [4.78, 5) is 0. The molecular weight excluding hydrogens is 377 g/mol. The third kappa shape index (κ3) is 15.3. The van der Waals surface area contributed by atoms with Gasteiger partial charge in [-0.25, -0.2) is 12.2 Å². The molecule has 0 heterocycles. The van der Waals surface area contributed by atoms with Gasteiger partial charge in [0.05, 0.1) is 0 Å². The van der Waals surface area contributed by atoms with Gasteiger partial charge in [0, 0.05) is 0 Å². The van der Waals surface area contributed by atoms with Crippen molar-refractivity contribution in [1.82, 2.24) is 0 Å². The van der Waals surface area contributed by atoms with Crippen molar-refractivity contribution in [2.75, 3.05) is 19.5 Å². The van der Waals surface area contributed by atoms with Crippen LogP contribution in [0.1, 0.15) is 18.9 Å². The first-order valence-corrected chi connectivity index (χ1v) is 8.36. The maximum atomic E-state index is 2.99. The number of hydrogen-bond acceptors (Lipinski definition) is 0. The van der Waals surface area contributed by atoms with Crippen LogP contribution < -0.4 is 37.2 Å². The quantitative estimate of drug-likeness (QED) is 0.275. The van der Waals surface area contributed by atoms with Gasteiger partial charge in [-0.1, -0.05) is 19.2 Å². The van der Waals surface area contributed by atoms with E-state index in [1.165, 1.54) is 17.6 Å². The molecule has 0 fully saturated rings. The largest absolute Gasteiger partial charge is 3.00 e. The summed E-state index contributed by atoms with van der Waals surface area (Å²) in [5.74, 6) is 1.52. The van der Waals surface area contributed by atoms with E-state index in [2.05, 4.69) is 62.7 Å². The molecule has 0 aliphatic heterocycles. The topological polar surface area (TPSA) is 0 Å². The Balaban J connectivity index is -0.000000140. The Morgan fingerprint density at radius 3 is 2.00 bits per heavy atom. The molecule has 1 aromatic rings. The Hall–Kier alpha value is 0.584. The fourth-order valence-electron chi connectivity index (χ4n) is 1.63. The maximum Gasteiger partial charge on any atom is 3.00 e. The van der Waals surface area contributed by atoms with Crippen LogP contribution in [0.2, 0.25) is 0 Å². The predicted molar refractivity (Wildman–Crippen MR) is 79.7 cm³/mol. The second kappa shape index (κ2) is 18.6. The second-order valence-corrected chi connectivity index (χ2v) is 6.86. The van der Waals surface area contributed by atoms with Crippen LogP contribution in [-0.4, -0.2) is 19.5 Å². The van der Waals surface area contributed by atoms with Gasteiger partial charge in [0.1, 0.15) is 0 Å². The Morgan fingerprint density at radius 2 is 1.67 bits per heavy atom. The van der Waals surface area contributed by atoms with Crippen LogP contribution >= 0.6 is 7.92 Å². The van der Waals surface area contributed by atoms with Crippen molar-refractivity contribution in [3.8, 4) is 0 Å². The van der Waals surface area contributed by atoms with E-state index in [9.17, 15) is 0 Å². The molecular formula is C16H21Cl3PTi-2. The van der Waals surface area contributed by atoms with Gasteiger partial charge in [0.2, 0.25) is 0 Å². The second-order valence-electron chi connectivity index (χ2n) is 4.39. The molecule has 0 bridgehead atoms. The fourth-order valence-corrected chi connectivity index (χ4v) is 2.76. The van der Waals surface area contributed by atoms with Gasteiger partial charge in [0.15, 0.2) is 0 Å². The zero-order valence-corrected chi connectivity index (χ0v) is 17.3. The molecule has 1 radical (unpaired) electrons. The van der Waals surface area contributed by atoms with Crippen molar-refractivity contribution in [3.63, 3.8) is 0 Å². The summed E-state index contributed by atoms with van der Waals surface area (Å²) >= 11 is 0. The predicted octanol–water partition coefficient (Wildman–Crippen LogP) is -4.31. The molecule has 0 unspecified atom stereocenters. The molecule has 0 amide bonds. The van der Waals surface area contributed by atoms with Crippen LogP contribution in [0.5, 0.6) is 0 Å². The molecule has 0 spiro atoms. The van der Waals surface area contributed by atoms with Gasteiger partial charge in [-0.15, -0.1) is 26.5 Å². The summed E-state index contributed by atoms with van der Waals surface area (Å²) in [6, 6.07) is 10.7. The van der Waals surface area contributed by atoms with Crippen molar-refractivity contribution >= 4 is 7.92 Å². The van der Waals surface area contributed by atoms with E-state index in [1.54, 1.807) is 0 Å². The van der Waals surface area contributed by atoms with Crippen LogP contribution in [0.15, 0.2) is 48.6 Å². The average Bonchev–Trinajstić information content (AvgIpc) is 2.88. The van der Waals surface area contributed by atoms with Crippen LogP contribution in [-0.2, 0) is 21.7 Å². The van der Waals surface area contributed by atoms with E-state index in [0.717, 1.165) is 6.42 Å². The molecule has 1 aliphatic carbocycles. The first-order chi connectivity index (χ1) is 8.20. The van der Waals surface area contributed by atoms with Gasteiger partial charge in [-0.3, -0.25) is 6.08 Å². The van der Waals surface area contributed by atoms with Crippen molar-refractivity contribution in [3.05, 3.63) is 66.1 Å².